The maximum atomic E-state index is 15.1. The van der Waals surface area contributed by atoms with E-state index in [9.17, 15) is 58.8 Å². The molecular formula is C57H19F18NO6. The Kier molecular flexibility index (Phi) is 15.2. The topological polar surface area (TPSA) is 94.8 Å². The smallest absolute Gasteiger partial charge is 0.205 e. The number of carbonyl (C=O) groups is 2. The number of rotatable bonds is 14. The van der Waals surface area contributed by atoms with Gasteiger partial charge in [-0.05, 0) is 82.9 Å². The molecule has 0 radical (unpaired) electrons. The zero-order valence-electron chi connectivity index (χ0n) is 39.7. The molecule has 9 aromatic carbocycles. The summed E-state index contributed by atoms with van der Waals surface area (Å²) >= 11 is 0. The van der Waals surface area contributed by atoms with Crippen LogP contribution in [0.15, 0.2) is 115 Å². The third-order valence-corrected chi connectivity index (χ3v) is 11.9. The molecule has 9 rings (SSSR count). The van der Waals surface area contributed by atoms with Gasteiger partial charge in [0, 0.05) is 0 Å². The molecule has 9 aromatic rings. The van der Waals surface area contributed by atoms with Crippen LogP contribution in [0.2, 0.25) is 0 Å². The molecule has 0 aliphatic heterocycles. The number of nitrogens with zero attached hydrogens (tertiary/aromatic N) is 1. The number of ether oxygens (including phenoxy) is 4. The quantitative estimate of drug-likeness (QED) is 0.0463. The predicted octanol–water partition coefficient (Wildman–Crippen LogP) is 17.0. The monoisotopic (exact) mass is 1160 g/mol. The predicted molar refractivity (Wildman–Crippen MR) is 247 cm³/mol. The Balaban J connectivity index is 0.841. The lowest BCUT2D eigenvalue weighted by Crippen LogP contribution is -2.18. The molecule has 0 amide bonds. The van der Waals surface area contributed by atoms with Gasteiger partial charge < -0.3 is 18.9 Å². The number of halogens is 18. The second kappa shape index (κ2) is 22.1. The molecule has 0 aliphatic carbocycles. The van der Waals surface area contributed by atoms with Crippen LogP contribution in [-0.2, 0) is 0 Å². The lowest BCUT2D eigenvalue weighted by molar-refractivity contribution is 0.100. The van der Waals surface area contributed by atoms with Crippen molar-refractivity contribution in [3.63, 3.8) is 0 Å². The van der Waals surface area contributed by atoms with Crippen molar-refractivity contribution in [1.82, 2.24) is 0 Å². The molecule has 0 aliphatic rings. The molecule has 0 saturated heterocycles. The van der Waals surface area contributed by atoms with Gasteiger partial charge in [-0.2, -0.15) is 22.8 Å². The number of nitriles is 1. The first-order valence-electron chi connectivity index (χ1n) is 22.4. The highest BCUT2D eigenvalue weighted by Gasteiger charge is 2.39. The van der Waals surface area contributed by atoms with E-state index in [0.717, 1.165) is 24.3 Å². The molecule has 25 heteroatoms. The first-order valence-corrected chi connectivity index (χ1v) is 22.4. The lowest BCUT2D eigenvalue weighted by atomic mass is 9.99. The normalized spacial score (nSPS) is 11.1. The van der Waals surface area contributed by atoms with Crippen molar-refractivity contribution in [2.24, 2.45) is 0 Å². The standard InChI is InChI=1S/C57H19F18NO6/c58-36-32(37(59)45(67)48(70)44(36)66)54(77)34-40(62)50(72)56(51(73)41(34)63)81-27-16-8-23(9-17-27)21-4-12-25(13-5-21)79-30-2-1-3-31(29(30)20-76)80-26-14-6-22(7-15-26)24-10-18-28(19-11-24)82-57-52(74)42(64)35(43(65)53(57)75)55(78)33-38(60)46(68)49(71)47(69)39(33)61/h1-19H. The Morgan fingerprint density at radius 2 is 0.488 bits per heavy atom. The Labute approximate surface area is 445 Å². The molecule has 0 atom stereocenters. The molecule has 414 valence electrons. The largest absolute Gasteiger partial charge is 0.456 e. The zero-order valence-corrected chi connectivity index (χ0v) is 39.7. The van der Waals surface area contributed by atoms with E-state index in [2.05, 4.69) is 0 Å². The van der Waals surface area contributed by atoms with Crippen molar-refractivity contribution >= 4 is 11.6 Å². The molecule has 0 saturated carbocycles. The highest BCUT2D eigenvalue weighted by molar-refractivity contribution is 6.10. The Morgan fingerprint density at radius 1 is 0.280 bits per heavy atom. The van der Waals surface area contributed by atoms with Gasteiger partial charge >= 0.3 is 0 Å². The van der Waals surface area contributed by atoms with E-state index >= 15 is 35.1 Å². The summed E-state index contributed by atoms with van der Waals surface area (Å²) in [6.07, 6.45) is 0. The molecule has 7 nitrogen and oxygen atoms in total. The Morgan fingerprint density at radius 3 is 0.720 bits per heavy atom. The van der Waals surface area contributed by atoms with Crippen molar-refractivity contribution in [3.8, 4) is 74.3 Å². The van der Waals surface area contributed by atoms with Crippen LogP contribution >= 0.6 is 0 Å². The number of carbonyl (C=O) groups excluding carboxylic acids is 2. The van der Waals surface area contributed by atoms with Gasteiger partial charge in [-0.15, -0.1) is 0 Å². The van der Waals surface area contributed by atoms with Crippen LogP contribution in [0.1, 0.15) is 37.4 Å². The highest BCUT2D eigenvalue weighted by Crippen LogP contribution is 2.40. The third kappa shape index (κ3) is 9.98. The third-order valence-electron chi connectivity index (χ3n) is 11.9. The van der Waals surface area contributed by atoms with Gasteiger partial charge in [0.1, 0.15) is 68.4 Å². The van der Waals surface area contributed by atoms with Gasteiger partial charge in [0.05, 0.1) is 0 Å². The fraction of sp³-hybridized carbons (Fsp3) is 0. The van der Waals surface area contributed by atoms with E-state index in [-0.39, 0.29) is 28.6 Å². The van der Waals surface area contributed by atoms with Crippen molar-refractivity contribution in [2.45, 2.75) is 0 Å². The van der Waals surface area contributed by atoms with Crippen LogP contribution in [-0.4, -0.2) is 11.6 Å². The first-order chi connectivity index (χ1) is 38.9. The van der Waals surface area contributed by atoms with Crippen molar-refractivity contribution < 1.29 is 108 Å². The van der Waals surface area contributed by atoms with Crippen LogP contribution in [0.5, 0.6) is 46.0 Å². The molecule has 0 N–H and O–H groups in total. The highest BCUT2D eigenvalue weighted by atomic mass is 19.2. The minimum absolute atomic E-state index is 0.0364. The summed E-state index contributed by atoms with van der Waals surface area (Å²) in [6.45, 7) is 0. The average molecular weight is 1160 g/mol. The fourth-order valence-corrected chi connectivity index (χ4v) is 7.80. The number of ketones is 2. The zero-order chi connectivity index (χ0) is 59.3. The minimum atomic E-state index is -2.75. The summed E-state index contributed by atoms with van der Waals surface area (Å²) in [5, 5.41) is 10.1. The van der Waals surface area contributed by atoms with E-state index in [1.165, 1.54) is 66.7 Å². The van der Waals surface area contributed by atoms with Gasteiger partial charge in [0.2, 0.25) is 58.0 Å². The Bertz CT molecular complexity index is 3800. The molecule has 0 fully saturated rings. The van der Waals surface area contributed by atoms with E-state index < -0.39 is 162 Å². The summed E-state index contributed by atoms with van der Waals surface area (Å²) in [6, 6.07) is 28.2. The number of hydrogen-bond donors (Lipinski definition) is 0. The molecule has 0 bridgehead atoms. The second-order valence-corrected chi connectivity index (χ2v) is 16.7. The van der Waals surface area contributed by atoms with Gasteiger partial charge in [0.25, 0.3) is 0 Å². The van der Waals surface area contributed by atoms with Crippen LogP contribution < -0.4 is 18.9 Å². The lowest BCUT2D eigenvalue weighted by Gasteiger charge is -2.14. The van der Waals surface area contributed by atoms with Gasteiger partial charge in [-0.1, -0.05) is 54.6 Å². The van der Waals surface area contributed by atoms with Crippen molar-refractivity contribution in [3.05, 3.63) is 248 Å². The van der Waals surface area contributed by atoms with E-state index in [1.807, 2.05) is 6.07 Å². The summed E-state index contributed by atoms with van der Waals surface area (Å²) in [5.41, 5.74) is -7.66. The SMILES string of the molecule is N#Cc1c(Oc2ccc(-c3ccc(Oc4c(F)c(F)c(C(=O)c5c(F)c(F)c(F)c(F)c5F)c(F)c4F)cc3)cc2)cccc1Oc1ccc(-c2ccc(Oc3c(F)c(F)c(C(=O)c4c(F)c(F)c(F)c(F)c4F)c(F)c3F)cc2)cc1. The van der Waals surface area contributed by atoms with E-state index in [4.69, 9.17) is 18.9 Å². The number of benzene rings is 9. The van der Waals surface area contributed by atoms with E-state index in [0.29, 0.717) is 22.3 Å². The summed E-state index contributed by atoms with van der Waals surface area (Å²) in [4.78, 5) is 25.2. The van der Waals surface area contributed by atoms with Crippen LogP contribution in [0.25, 0.3) is 22.3 Å². The van der Waals surface area contributed by atoms with Crippen LogP contribution in [0, 0.1) is 116 Å². The summed E-state index contributed by atoms with van der Waals surface area (Å²) in [7, 11) is 0. The minimum Gasteiger partial charge on any atom is -0.456 e. The van der Waals surface area contributed by atoms with Crippen molar-refractivity contribution in [1.29, 1.82) is 5.26 Å². The maximum absolute atomic E-state index is 15.1. The molecule has 0 aromatic heterocycles. The fourth-order valence-electron chi connectivity index (χ4n) is 7.80. The molecule has 0 heterocycles. The van der Waals surface area contributed by atoms with Crippen LogP contribution in [0.4, 0.5) is 79.0 Å². The van der Waals surface area contributed by atoms with Crippen LogP contribution in [0.3, 0.4) is 0 Å². The molecule has 0 unspecified atom stereocenters. The molecule has 0 spiro atoms. The average Bonchev–Trinajstić information content (AvgIpc) is 3.64. The van der Waals surface area contributed by atoms with Gasteiger partial charge in [-0.25, -0.2) is 61.5 Å². The maximum Gasteiger partial charge on any atom is 0.205 e. The van der Waals surface area contributed by atoms with Gasteiger partial charge in [0.15, 0.2) is 69.8 Å². The summed E-state index contributed by atoms with van der Waals surface area (Å²) in [5.74, 6) is -56.5. The molecule has 82 heavy (non-hydrogen) atoms. The van der Waals surface area contributed by atoms with Crippen molar-refractivity contribution in [2.75, 3.05) is 0 Å². The first kappa shape index (κ1) is 56.5. The number of hydrogen-bond acceptors (Lipinski definition) is 7. The van der Waals surface area contributed by atoms with Gasteiger partial charge in [-0.3, -0.25) is 9.59 Å². The summed E-state index contributed by atoms with van der Waals surface area (Å²) < 4.78 is 281. The molecular weight excluding hydrogens is 1140 g/mol. The second-order valence-electron chi connectivity index (χ2n) is 16.7. The van der Waals surface area contributed by atoms with E-state index in [1.54, 1.807) is 24.3 Å². The Hall–Kier alpha value is -10.3.